The zero-order chi connectivity index (χ0) is 12.3. The molecule has 2 heterocycles. The van der Waals surface area contributed by atoms with Crippen molar-refractivity contribution < 1.29 is 13.9 Å². The fraction of sp³-hybridized carbons (Fsp3) is 0.333. The van der Waals surface area contributed by atoms with Crippen LogP contribution < -0.4 is 5.32 Å². The number of rotatable bonds is 2. The molecule has 2 rings (SSSR count). The lowest BCUT2D eigenvalue weighted by atomic mass is 10.0. The Morgan fingerprint density at radius 3 is 2.94 bits per heavy atom. The van der Waals surface area contributed by atoms with Gasteiger partial charge < -0.3 is 10.1 Å². The summed E-state index contributed by atoms with van der Waals surface area (Å²) < 4.78 is 18.2. The molecule has 0 unspecified atom stereocenters. The largest absolute Gasteiger partial charge is 0.464 e. The summed E-state index contributed by atoms with van der Waals surface area (Å²) in [5.74, 6) is -1.25. The molecule has 90 valence electrons. The van der Waals surface area contributed by atoms with Crippen molar-refractivity contribution >= 4 is 11.5 Å². The highest BCUT2D eigenvalue weighted by atomic mass is 19.1. The van der Waals surface area contributed by atoms with E-state index in [1.807, 2.05) is 6.08 Å². The van der Waals surface area contributed by atoms with Crippen molar-refractivity contribution in [2.75, 3.05) is 20.2 Å². The van der Waals surface area contributed by atoms with E-state index in [1.54, 1.807) is 6.07 Å². The van der Waals surface area contributed by atoms with Gasteiger partial charge in [0.25, 0.3) is 0 Å². The van der Waals surface area contributed by atoms with Gasteiger partial charge in [-0.2, -0.15) is 4.39 Å². The van der Waals surface area contributed by atoms with E-state index in [4.69, 9.17) is 0 Å². The number of hydrogen-bond donors (Lipinski definition) is 1. The van der Waals surface area contributed by atoms with Gasteiger partial charge in [0, 0.05) is 12.1 Å². The highest BCUT2D eigenvalue weighted by molar-refractivity contribution is 5.87. The quantitative estimate of drug-likeness (QED) is 0.622. The minimum absolute atomic E-state index is 0.0108. The highest BCUT2D eigenvalue weighted by Gasteiger charge is 2.15. The molecule has 17 heavy (non-hydrogen) atoms. The fourth-order valence-electron chi connectivity index (χ4n) is 1.76. The Morgan fingerprint density at radius 1 is 1.53 bits per heavy atom. The van der Waals surface area contributed by atoms with E-state index in [0.717, 1.165) is 25.1 Å². The zero-order valence-electron chi connectivity index (χ0n) is 9.50. The van der Waals surface area contributed by atoms with E-state index < -0.39 is 11.9 Å². The summed E-state index contributed by atoms with van der Waals surface area (Å²) in [4.78, 5) is 14.8. The van der Waals surface area contributed by atoms with Gasteiger partial charge in [0.2, 0.25) is 5.95 Å². The molecular weight excluding hydrogens is 223 g/mol. The Labute approximate surface area is 98.5 Å². The van der Waals surface area contributed by atoms with Crippen molar-refractivity contribution in [3.8, 4) is 0 Å². The summed E-state index contributed by atoms with van der Waals surface area (Å²) in [6.45, 7) is 1.55. The van der Waals surface area contributed by atoms with Gasteiger partial charge in [-0.3, -0.25) is 0 Å². The van der Waals surface area contributed by atoms with Gasteiger partial charge in [-0.25, -0.2) is 9.78 Å². The zero-order valence-corrected chi connectivity index (χ0v) is 9.50. The maximum Gasteiger partial charge on any atom is 0.356 e. The molecule has 0 atom stereocenters. The second kappa shape index (κ2) is 5.05. The van der Waals surface area contributed by atoms with Crippen LogP contribution in [0, 0.1) is 5.95 Å². The lowest BCUT2D eigenvalue weighted by Gasteiger charge is -2.14. The summed E-state index contributed by atoms with van der Waals surface area (Å²) in [5, 5.41) is 3.15. The molecule has 0 saturated carbocycles. The van der Waals surface area contributed by atoms with Crippen LogP contribution in [0.2, 0.25) is 0 Å². The lowest BCUT2D eigenvalue weighted by molar-refractivity contribution is 0.0592. The molecule has 0 radical (unpaired) electrons. The first-order valence-corrected chi connectivity index (χ1v) is 5.37. The van der Waals surface area contributed by atoms with Crippen molar-refractivity contribution in [1.82, 2.24) is 10.3 Å². The predicted octanol–water partition coefficient (Wildman–Crippen LogP) is 1.38. The van der Waals surface area contributed by atoms with Crippen LogP contribution in [0.4, 0.5) is 4.39 Å². The molecule has 0 spiro atoms. The van der Waals surface area contributed by atoms with Crippen LogP contribution in [0.5, 0.6) is 0 Å². The van der Waals surface area contributed by atoms with Gasteiger partial charge >= 0.3 is 5.97 Å². The van der Waals surface area contributed by atoms with E-state index in [-0.39, 0.29) is 5.69 Å². The second-order valence-corrected chi connectivity index (χ2v) is 3.71. The number of nitrogens with zero attached hydrogens (tertiary/aromatic N) is 1. The van der Waals surface area contributed by atoms with Crippen LogP contribution >= 0.6 is 0 Å². The smallest absolute Gasteiger partial charge is 0.356 e. The van der Waals surface area contributed by atoms with Crippen LogP contribution in [0.25, 0.3) is 5.57 Å². The molecule has 1 aromatic heterocycles. The van der Waals surface area contributed by atoms with E-state index in [1.165, 1.54) is 13.2 Å². The number of hydrogen-bond acceptors (Lipinski definition) is 4. The summed E-state index contributed by atoms with van der Waals surface area (Å²) in [7, 11) is 1.24. The van der Waals surface area contributed by atoms with Crippen LogP contribution in [-0.2, 0) is 4.74 Å². The molecule has 0 amide bonds. The molecule has 1 aliphatic rings. The van der Waals surface area contributed by atoms with E-state index in [9.17, 15) is 9.18 Å². The fourth-order valence-corrected chi connectivity index (χ4v) is 1.76. The average Bonchev–Trinajstić information content (AvgIpc) is 2.38. The third-order valence-corrected chi connectivity index (χ3v) is 2.65. The molecule has 4 nitrogen and oxygen atoms in total. The minimum Gasteiger partial charge on any atom is -0.464 e. The van der Waals surface area contributed by atoms with Crippen molar-refractivity contribution in [3.63, 3.8) is 0 Å². The van der Waals surface area contributed by atoms with Gasteiger partial charge in [0.15, 0.2) is 5.69 Å². The number of nitrogens with one attached hydrogen (secondary N) is 1. The summed E-state index contributed by atoms with van der Waals surface area (Å²) >= 11 is 0. The number of aromatic nitrogens is 1. The first-order valence-electron chi connectivity index (χ1n) is 5.37. The first kappa shape index (κ1) is 11.7. The molecule has 0 fully saturated rings. The number of halogens is 1. The molecule has 0 aromatic carbocycles. The maximum absolute atomic E-state index is 13.8. The molecule has 0 aliphatic carbocycles. The Bertz CT molecular complexity index is 472. The van der Waals surface area contributed by atoms with Gasteiger partial charge in [-0.05, 0) is 30.7 Å². The Hall–Kier alpha value is -1.75. The Kier molecular flexibility index (Phi) is 3.49. The van der Waals surface area contributed by atoms with Crippen LogP contribution in [0.15, 0.2) is 18.2 Å². The Balaban J connectivity index is 2.31. The van der Waals surface area contributed by atoms with Crippen molar-refractivity contribution in [2.45, 2.75) is 6.42 Å². The lowest BCUT2D eigenvalue weighted by Crippen LogP contribution is -2.20. The highest BCUT2D eigenvalue weighted by Crippen LogP contribution is 2.21. The van der Waals surface area contributed by atoms with E-state index >= 15 is 0 Å². The summed E-state index contributed by atoms with van der Waals surface area (Å²) in [6, 6.07) is 3.05. The van der Waals surface area contributed by atoms with Gasteiger partial charge in [0.05, 0.1) is 7.11 Å². The average molecular weight is 236 g/mol. The number of ether oxygens (including phenoxy) is 1. The molecule has 1 aromatic rings. The first-order chi connectivity index (χ1) is 8.22. The normalized spacial score (nSPS) is 15.3. The molecule has 1 aliphatic heterocycles. The summed E-state index contributed by atoms with van der Waals surface area (Å²) in [5.41, 5.74) is 1.37. The topological polar surface area (TPSA) is 51.2 Å². The van der Waals surface area contributed by atoms with Gasteiger partial charge in [-0.15, -0.1) is 0 Å². The minimum atomic E-state index is -0.630. The maximum atomic E-state index is 13.8. The number of pyridine rings is 1. The standard InChI is InChI=1S/C12H13FN2O2/c1-17-12(16)10-3-2-9(11(13)15-10)8-4-6-14-7-5-8/h2-4,14H,5-7H2,1H3. The van der Waals surface area contributed by atoms with Crippen molar-refractivity contribution in [2.24, 2.45) is 0 Å². The number of carbonyl (C=O) groups excluding carboxylic acids is 1. The monoisotopic (exact) mass is 236 g/mol. The third kappa shape index (κ3) is 2.50. The SMILES string of the molecule is COC(=O)c1ccc(C2=CCNCC2)c(F)n1. The van der Waals surface area contributed by atoms with Gasteiger partial charge in [-0.1, -0.05) is 6.08 Å². The number of carbonyl (C=O) groups is 1. The van der Waals surface area contributed by atoms with Crippen LogP contribution in [0.1, 0.15) is 22.5 Å². The number of esters is 1. The third-order valence-electron chi connectivity index (χ3n) is 2.65. The number of methoxy groups -OCH3 is 1. The molecule has 5 heteroatoms. The molecule has 0 saturated heterocycles. The molecule has 0 bridgehead atoms. The Morgan fingerprint density at radius 2 is 2.35 bits per heavy atom. The van der Waals surface area contributed by atoms with Crippen LogP contribution in [0.3, 0.4) is 0 Å². The summed E-state index contributed by atoms with van der Waals surface area (Å²) in [6.07, 6.45) is 2.69. The van der Waals surface area contributed by atoms with E-state index in [0.29, 0.717) is 5.56 Å². The van der Waals surface area contributed by atoms with Gasteiger partial charge in [0.1, 0.15) is 0 Å². The van der Waals surface area contributed by atoms with E-state index in [2.05, 4.69) is 15.0 Å². The van der Waals surface area contributed by atoms with Crippen molar-refractivity contribution in [3.05, 3.63) is 35.4 Å². The molecule has 1 N–H and O–H groups in total. The second-order valence-electron chi connectivity index (χ2n) is 3.71. The predicted molar refractivity (Wildman–Crippen MR) is 61.0 cm³/mol. The van der Waals surface area contributed by atoms with Crippen LogP contribution in [-0.4, -0.2) is 31.2 Å². The van der Waals surface area contributed by atoms with Crippen molar-refractivity contribution in [1.29, 1.82) is 0 Å². The molecular formula is C12H13FN2O2.